The second kappa shape index (κ2) is 8.04. The molecule has 2 aliphatic carbocycles. The fourth-order valence-electron chi connectivity index (χ4n) is 5.46. The van der Waals surface area contributed by atoms with Crippen molar-refractivity contribution in [2.45, 2.75) is 71.9 Å². The van der Waals surface area contributed by atoms with Crippen LogP contribution in [0.1, 0.15) is 59.8 Å². The molecule has 0 N–H and O–H groups in total. The van der Waals surface area contributed by atoms with E-state index in [0.29, 0.717) is 23.7 Å². The number of nitrogens with zero attached hydrogens (tertiary/aromatic N) is 2. The molecule has 128 valence electrons. The average molecular weight is 318 g/mol. The Morgan fingerprint density at radius 3 is 1.26 bits per heavy atom. The maximum atomic E-state index is 10.6. The summed E-state index contributed by atoms with van der Waals surface area (Å²) < 4.78 is 0. The Bertz CT molecular complexity index is 426. The van der Waals surface area contributed by atoms with E-state index in [4.69, 9.17) is 0 Å². The van der Waals surface area contributed by atoms with E-state index >= 15 is 0 Å². The first-order valence-electron chi connectivity index (χ1n) is 9.10. The Morgan fingerprint density at radius 2 is 1.00 bits per heavy atom. The van der Waals surface area contributed by atoms with Gasteiger partial charge in [0.1, 0.15) is 0 Å². The van der Waals surface area contributed by atoms with Crippen LogP contribution >= 0.6 is 0 Å². The predicted molar refractivity (Wildman–Crippen MR) is 90.5 cm³/mol. The van der Waals surface area contributed by atoms with Crippen LogP contribution in [0.5, 0.6) is 0 Å². The number of hydrogen-bond donors (Lipinski definition) is 0. The molecular weight excluding hydrogens is 288 g/mol. The van der Waals surface area contributed by atoms with E-state index < -0.39 is 0 Å². The molecule has 2 fully saturated rings. The highest BCUT2D eigenvalue weighted by Crippen LogP contribution is 2.43. The number of carbonyl (C=O) groups excluding carboxylic acids is 2. The molecule has 0 aromatic carbocycles. The van der Waals surface area contributed by atoms with Gasteiger partial charge in [-0.15, -0.1) is 0 Å². The van der Waals surface area contributed by atoms with Gasteiger partial charge in [0.25, 0.3) is 0 Å². The molecule has 4 heteroatoms. The highest BCUT2D eigenvalue weighted by Gasteiger charge is 2.37. The topological polar surface area (TPSA) is 58.9 Å². The lowest BCUT2D eigenvalue weighted by molar-refractivity contribution is 0.119. The van der Waals surface area contributed by atoms with Gasteiger partial charge in [0, 0.05) is 0 Å². The summed E-state index contributed by atoms with van der Waals surface area (Å²) in [4.78, 5) is 29.2. The maximum absolute atomic E-state index is 10.6. The molecule has 0 aromatic heterocycles. The summed E-state index contributed by atoms with van der Waals surface area (Å²) in [7, 11) is 0. The zero-order valence-corrected chi connectivity index (χ0v) is 14.9. The lowest BCUT2D eigenvalue weighted by Gasteiger charge is -2.41. The van der Waals surface area contributed by atoms with Crippen molar-refractivity contribution in [1.29, 1.82) is 0 Å². The summed E-state index contributed by atoms with van der Waals surface area (Å²) in [5.74, 6) is 3.33. The van der Waals surface area contributed by atoms with E-state index in [0.717, 1.165) is 37.5 Å². The summed E-state index contributed by atoms with van der Waals surface area (Å²) in [5, 5.41) is 0. The van der Waals surface area contributed by atoms with Crippen molar-refractivity contribution in [3.8, 4) is 0 Å². The zero-order valence-electron chi connectivity index (χ0n) is 14.9. The summed E-state index contributed by atoms with van der Waals surface area (Å²) in [6, 6.07) is 0.304. The number of rotatable bonds is 4. The lowest BCUT2D eigenvalue weighted by Crippen LogP contribution is -2.37. The van der Waals surface area contributed by atoms with Gasteiger partial charge in [-0.05, 0) is 67.6 Å². The molecular formula is C19H30N2O2. The highest BCUT2D eigenvalue weighted by atomic mass is 16.1. The van der Waals surface area contributed by atoms with E-state index in [1.54, 1.807) is 12.2 Å². The van der Waals surface area contributed by atoms with Gasteiger partial charge >= 0.3 is 0 Å². The summed E-state index contributed by atoms with van der Waals surface area (Å²) >= 11 is 0. The second-order valence-corrected chi connectivity index (χ2v) is 8.24. The second-order valence-electron chi connectivity index (χ2n) is 8.24. The predicted octanol–water partition coefficient (Wildman–Crippen LogP) is 4.15. The van der Waals surface area contributed by atoms with Crippen LogP contribution < -0.4 is 0 Å². The van der Waals surface area contributed by atoms with Gasteiger partial charge in [-0.3, -0.25) is 0 Å². The molecule has 0 heterocycles. The van der Waals surface area contributed by atoms with Crippen LogP contribution in [-0.2, 0) is 9.59 Å². The molecule has 0 bridgehead atoms. The molecule has 0 amide bonds. The van der Waals surface area contributed by atoms with E-state index in [-0.39, 0.29) is 12.1 Å². The Kier molecular flexibility index (Phi) is 6.33. The largest absolute Gasteiger partial charge is 0.235 e. The van der Waals surface area contributed by atoms with Gasteiger partial charge < -0.3 is 0 Å². The first kappa shape index (κ1) is 18.1. The van der Waals surface area contributed by atoms with E-state index in [2.05, 4.69) is 37.7 Å². The van der Waals surface area contributed by atoms with Crippen LogP contribution in [-0.4, -0.2) is 24.2 Å². The quantitative estimate of drug-likeness (QED) is 0.577. The van der Waals surface area contributed by atoms with Gasteiger partial charge in [-0.1, -0.05) is 27.7 Å². The van der Waals surface area contributed by atoms with Crippen LogP contribution in [0.3, 0.4) is 0 Å². The minimum Gasteiger partial charge on any atom is -0.211 e. The fraction of sp³-hybridized carbons (Fsp3) is 0.895. The van der Waals surface area contributed by atoms with Crippen LogP contribution in [0.4, 0.5) is 0 Å². The molecule has 2 aliphatic rings. The van der Waals surface area contributed by atoms with E-state index in [1.807, 2.05) is 0 Å². The molecule has 0 radical (unpaired) electrons. The summed E-state index contributed by atoms with van der Waals surface area (Å²) in [6.07, 6.45) is 9.42. The van der Waals surface area contributed by atoms with E-state index in [9.17, 15) is 9.59 Å². The van der Waals surface area contributed by atoms with Crippen LogP contribution in [0.2, 0.25) is 0 Å². The van der Waals surface area contributed by atoms with Crippen LogP contribution in [0.15, 0.2) is 9.98 Å². The van der Waals surface area contributed by atoms with Gasteiger partial charge in [0.15, 0.2) is 0 Å². The Morgan fingerprint density at radius 1 is 0.696 bits per heavy atom. The van der Waals surface area contributed by atoms with Crippen LogP contribution in [0.25, 0.3) is 0 Å². The Labute approximate surface area is 139 Å². The van der Waals surface area contributed by atoms with Crippen molar-refractivity contribution in [2.75, 3.05) is 0 Å². The summed E-state index contributed by atoms with van der Waals surface area (Å²) in [5.41, 5.74) is 0. The minimum absolute atomic E-state index is 0.152. The van der Waals surface area contributed by atoms with E-state index in [1.165, 1.54) is 6.42 Å². The standard InChI is InChI=1S/C19H30N2O2/c1-12-5-16(6-13(2)18(12)20-10-22)9-17-7-14(3)19(21-11-23)15(4)8-17/h12-19H,5-9H2,1-4H3. The SMILES string of the molecule is CC1CC(CC2CC(C)C(N=C=O)C(C)C2)CC(C)C1N=C=O. The van der Waals surface area contributed by atoms with Gasteiger partial charge in [0.05, 0.1) is 12.1 Å². The Hall–Kier alpha value is -1.24. The molecule has 2 rings (SSSR count). The van der Waals surface area contributed by atoms with Gasteiger partial charge in [-0.25, -0.2) is 19.6 Å². The van der Waals surface area contributed by atoms with Crippen molar-refractivity contribution in [3.63, 3.8) is 0 Å². The third-order valence-corrected chi connectivity index (χ3v) is 6.22. The molecule has 0 aromatic rings. The third-order valence-electron chi connectivity index (χ3n) is 6.22. The van der Waals surface area contributed by atoms with Crippen LogP contribution in [0, 0.1) is 35.5 Å². The van der Waals surface area contributed by atoms with Gasteiger partial charge in [0.2, 0.25) is 12.2 Å². The molecule has 4 unspecified atom stereocenters. The highest BCUT2D eigenvalue weighted by molar-refractivity contribution is 5.34. The molecule has 23 heavy (non-hydrogen) atoms. The lowest BCUT2D eigenvalue weighted by atomic mass is 9.66. The number of hydrogen-bond acceptors (Lipinski definition) is 4. The zero-order chi connectivity index (χ0) is 17.0. The summed E-state index contributed by atoms with van der Waals surface area (Å²) in [6.45, 7) is 8.87. The molecule has 0 spiro atoms. The van der Waals surface area contributed by atoms with Gasteiger partial charge in [-0.2, -0.15) is 0 Å². The maximum Gasteiger partial charge on any atom is 0.235 e. The van der Waals surface area contributed by atoms with Crippen molar-refractivity contribution in [3.05, 3.63) is 0 Å². The molecule has 4 nitrogen and oxygen atoms in total. The normalized spacial score (nSPS) is 44.0. The third kappa shape index (κ3) is 4.40. The van der Waals surface area contributed by atoms with Crippen molar-refractivity contribution >= 4 is 12.2 Å². The number of isocyanates is 2. The molecule has 0 aliphatic heterocycles. The Balaban J connectivity index is 1.93. The monoisotopic (exact) mass is 318 g/mol. The first-order chi connectivity index (χ1) is 11.0. The smallest absolute Gasteiger partial charge is 0.211 e. The fourth-order valence-corrected chi connectivity index (χ4v) is 5.46. The van der Waals surface area contributed by atoms with Crippen molar-refractivity contribution in [2.24, 2.45) is 45.5 Å². The average Bonchev–Trinajstić information content (AvgIpc) is 2.47. The van der Waals surface area contributed by atoms with Crippen molar-refractivity contribution in [1.82, 2.24) is 0 Å². The number of aliphatic imine (C=N–C) groups is 2. The molecule has 2 saturated carbocycles. The minimum atomic E-state index is 0.152. The first-order valence-corrected chi connectivity index (χ1v) is 9.10. The van der Waals surface area contributed by atoms with Crippen molar-refractivity contribution < 1.29 is 9.59 Å². The molecule has 0 saturated heterocycles. The molecule has 4 atom stereocenters.